The van der Waals surface area contributed by atoms with Crippen molar-refractivity contribution in [2.24, 2.45) is 0 Å². The molecule has 0 aliphatic carbocycles. The van der Waals surface area contributed by atoms with Gasteiger partial charge in [0.2, 0.25) is 0 Å². The van der Waals surface area contributed by atoms with Gasteiger partial charge in [0, 0.05) is 43.1 Å². The standard InChI is InChI=1S/C74H88N2/c1-67(2,3)45-29-43(30-46(35-45)68(4,5)6)41-25-27-49-57(33-41)75-59-39-55(73(19,20)21)53(71(13,14)15)37-51(59)64-62-50-28-26-42(44-31-47(69(7,8)9)36-48(32-44)70(10,11)12)34-58(50)76-60-40-56(74(22,23)24)54(72(16,17)18)38-52(60)63(66(62)76)61(49)65(64)75/h25-40H,1-24H3. The average molecular weight is 1010 g/mol. The van der Waals surface area contributed by atoms with Crippen LogP contribution in [0.2, 0.25) is 0 Å². The van der Waals surface area contributed by atoms with Crippen molar-refractivity contribution in [3.05, 3.63) is 142 Å². The van der Waals surface area contributed by atoms with Crippen molar-refractivity contribution in [3.8, 4) is 22.3 Å². The van der Waals surface area contributed by atoms with Gasteiger partial charge in [-0.05, 0) is 146 Å². The van der Waals surface area contributed by atoms with E-state index in [1.165, 1.54) is 143 Å². The molecule has 0 saturated heterocycles. The van der Waals surface area contributed by atoms with Crippen molar-refractivity contribution in [1.29, 1.82) is 0 Å². The number of hydrogen-bond acceptors (Lipinski definition) is 0. The fraction of sp³-hybridized carbons (Fsp3) is 0.432. The van der Waals surface area contributed by atoms with Gasteiger partial charge in [-0.25, -0.2) is 0 Å². The molecule has 7 aromatic carbocycles. The third-order valence-electron chi connectivity index (χ3n) is 17.4. The predicted octanol–water partition coefficient (Wildman–Crippen LogP) is 21.7. The molecule has 0 radical (unpaired) electrons. The first kappa shape index (κ1) is 52.2. The van der Waals surface area contributed by atoms with Crippen molar-refractivity contribution in [1.82, 2.24) is 8.80 Å². The van der Waals surface area contributed by atoms with E-state index in [2.05, 4.69) is 272 Å². The van der Waals surface area contributed by atoms with Crippen LogP contribution in [0.1, 0.15) is 211 Å². The van der Waals surface area contributed by atoms with Crippen LogP contribution in [0.25, 0.3) is 98.4 Å². The zero-order valence-electron chi connectivity index (χ0n) is 51.1. The SMILES string of the molecule is CC(C)(C)c1cc(-c2ccc3c4c5c6cc(C(C)(C)C)c(C(C)(C)C)cc6n6c7cc(-c8cc(C(C)(C)C)cc(C(C)(C)C)c8)ccc7c(c7c8cc(C(C)(C)C)c(C(C)(C)C)cc8n(c3c2)c47)c56)cc(C(C)(C)C)c1. The molecule has 0 spiro atoms. The van der Waals surface area contributed by atoms with E-state index in [1.807, 2.05) is 0 Å². The molecule has 0 saturated carbocycles. The second-order valence-corrected chi connectivity index (χ2v) is 31.8. The summed E-state index contributed by atoms with van der Waals surface area (Å²) in [6.45, 7) is 57.1. The first-order chi connectivity index (χ1) is 34.7. The largest absolute Gasteiger partial charge is 0.308 e. The monoisotopic (exact) mass is 1000 g/mol. The highest BCUT2D eigenvalue weighted by Gasteiger charge is 2.35. The maximum Gasteiger partial charge on any atom is 0.0634 e. The number of hydrogen-bond donors (Lipinski definition) is 0. The molecule has 4 aromatic heterocycles. The summed E-state index contributed by atoms with van der Waals surface area (Å²) in [4.78, 5) is 0. The van der Waals surface area contributed by atoms with Gasteiger partial charge in [0.1, 0.15) is 0 Å². The molecule has 0 fully saturated rings. The molecule has 4 heterocycles. The van der Waals surface area contributed by atoms with Gasteiger partial charge in [-0.1, -0.05) is 227 Å². The molecule has 0 N–H and O–H groups in total. The highest BCUT2D eigenvalue weighted by atomic mass is 14.9. The zero-order chi connectivity index (χ0) is 55.5. The first-order valence-electron chi connectivity index (χ1n) is 28.6. The predicted molar refractivity (Wildman–Crippen MR) is 336 cm³/mol. The Hall–Kier alpha value is -5.86. The Morgan fingerprint density at radius 1 is 0.224 bits per heavy atom. The summed E-state index contributed by atoms with van der Waals surface area (Å²) in [5, 5.41) is 10.8. The van der Waals surface area contributed by atoms with E-state index < -0.39 is 0 Å². The molecular formula is C74H88N2. The smallest absolute Gasteiger partial charge is 0.0634 e. The summed E-state index contributed by atoms with van der Waals surface area (Å²) < 4.78 is 5.43. The minimum Gasteiger partial charge on any atom is -0.308 e. The van der Waals surface area contributed by atoms with Crippen molar-refractivity contribution in [3.63, 3.8) is 0 Å². The Morgan fingerprint density at radius 2 is 0.474 bits per heavy atom. The molecule has 394 valence electrons. The van der Waals surface area contributed by atoms with Gasteiger partial charge < -0.3 is 8.80 Å². The molecule has 0 atom stereocenters. The Labute approximate surface area is 456 Å². The van der Waals surface area contributed by atoms with E-state index in [0.717, 1.165) is 0 Å². The number of rotatable bonds is 2. The Kier molecular flexibility index (Phi) is 10.9. The van der Waals surface area contributed by atoms with Crippen LogP contribution in [0.4, 0.5) is 0 Å². The molecule has 0 bridgehead atoms. The summed E-state index contributed by atoms with van der Waals surface area (Å²) in [6.07, 6.45) is 0. The Balaban J connectivity index is 1.40. The van der Waals surface area contributed by atoms with Crippen molar-refractivity contribution in [2.75, 3.05) is 0 Å². The average Bonchev–Trinajstić information content (AvgIpc) is 4.04. The molecule has 2 nitrogen and oxygen atoms in total. The molecule has 2 heteroatoms. The molecule has 11 aromatic rings. The highest BCUT2D eigenvalue weighted by Crippen LogP contribution is 2.55. The summed E-state index contributed by atoms with van der Waals surface area (Å²) >= 11 is 0. The summed E-state index contributed by atoms with van der Waals surface area (Å²) in [6, 6.07) is 40.1. The van der Waals surface area contributed by atoms with E-state index in [9.17, 15) is 0 Å². The van der Waals surface area contributed by atoms with Crippen molar-refractivity contribution in [2.45, 2.75) is 209 Å². The van der Waals surface area contributed by atoms with Crippen LogP contribution in [0.5, 0.6) is 0 Å². The molecule has 76 heavy (non-hydrogen) atoms. The second kappa shape index (κ2) is 15.9. The minimum atomic E-state index is -0.0710. The van der Waals surface area contributed by atoms with Crippen LogP contribution in [0.15, 0.2) is 97.1 Å². The lowest BCUT2D eigenvalue weighted by molar-refractivity contribution is 0.531. The lowest BCUT2D eigenvalue weighted by atomic mass is 9.74. The van der Waals surface area contributed by atoms with E-state index in [4.69, 9.17) is 0 Å². The van der Waals surface area contributed by atoms with Gasteiger partial charge in [0.05, 0.1) is 33.1 Å². The molecule has 0 aliphatic rings. The van der Waals surface area contributed by atoms with Gasteiger partial charge in [-0.15, -0.1) is 0 Å². The molecular weight excluding hydrogens is 917 g/mol. The molecule has 11 rings (SSSR count). The van der Waals surface area contributed by atoms with Crippen LogP contribution in [0, 0.1) is 0 Å². The van der Waals surface area contributed by atoms with Crippen molar-refractivity contribution >= 4 is 76.2 Å². The summed E-state index contributed by atoms with van der Waals surface area (Å²) in [5.41, 5.74) is 23.9. The maximum absolute atomic E-state index is 2.71. The van der Waals surface area contributed by atoms with E-state index in [0.29, 0.717) is 0 Å². The zero-order valence-corrected chi connectivity index (χ0v) is 51.1. The van der Waals surface area contributed by atoms with Crippen LogP contribution in [-0.2, 0) is 43.3 Å². The third kappa shape index (κ3) is 7.98. The van der Waals surface area contributed by atoms with Crippen LogP contribution in [-0.4, -0.2) is 8.80 Å². The number of aromatic nitrogens is 2. The van der Waals surface area contributed by atoms with Gasteiger partial charge in [0.15, 0.2) is 0 Å². The minimum absolute atomic E-state index is 0.00547. The summed E-state index contributed by atoms with van der Waals surface area (Å²) in [7, 11) is 0. The van der Waals surface area contributed by atoms with Gasteiger partial charge in [-0.2, -0.15) is 0 Å². The van der Waals surface area contributed by atoms with E-state index >= 15 is 0 Å². The Bertz CT molecular complexity index is 3850. The van der Waals surface area contributed by atoms with Crippen LogP contribution in [0.3, 0.4) is 0 Å². The number of fused-ring (bicyclic) bond motifs is 14. The fourth-order valence-corrected chi connectivity index (χ4v) is 12.9. The van der Waals surface area contributed by atoms with Gasteiger partial charge in [-0.3, -0.25) is 0 Å². The van der Waals surface area contributed by atoms with Gasteiger partial charge >= 0.3 is 0 Å². The van der Waals surface area contributed by atoms with Gasteiger partial charge in [0.25, 0.3) is 0 Å². The summed E-state index contributed by atoms with van der Waals surface area (Å²) in [5.74, 6) is 0. The fourth-order valence-electron chi connectivity index (χ4n) is 12.9. The lowest BCUT2D eigenvalue weighted by Crippen LogP contribution is -2.21. The number of nitrogens with zero attached hydrogens (tertiary/aromatic N) is 2. The van der Waals surface area contributed by atoms with E-state index in [1.54, 1.807) is 0 Å². The quantitative estimate of drug-likeness (QED) is 0.163. The van der Waals surface area contributed by atoms with E-state index in [-0.39, 0.29) is 43.3 Å². The number of benzene rings is 7. The lowest BCUT2D eigenvalue weighted by Gasteiger charge is -2.30. The van der Waals surface area contributed by atoms with Crippen molar-refractivity contribution < 1.29 is 0 Å². The molecule has 0 unspecified atom stereocenters. The highest BCUT2D eigenvalue weighted by molar-refractivity contribution is 6.45. The maximum atomic E-state index is 2.71. The normalized spacial score (nSPS) is 14.3. The topological polar surface area (TPSA) is 8.82 Å². The molecule has 0 amide bonds. The van der Waals surface area contributed by atoms with Crippen LogP contribution >= 0.6 is 0 Å². The Morgan fingerprint density at radius 3 is 0.737 bits per heavy atom. The first-order valence-corrected chi connectivity index (χ1v) is 28.6. The molecule has 0 aliphatic heterocycles. The second-order valence-electron chi connectivity index (χ2n) is 31.8. The van der Waals surface area contributed by atoms with Crippen LogP contribution < -0.4 is 0 Å². The third-order valence-corrected chi connectivity index (χ3v) is 17.4.